The Kier molecular flexibility index (Phi) is 4.98. The van der Waals surface area contributed by atoms with Gasteiger partial charge in [0.25, 0.3) is 6.10 Å². The molecular weight excluding hydrogens is 240 g/mol. The zero-order chi connectivity index (χ0) is 13.5. The van der Waals surface area contributed by atoms with Crippen molar-refractivity contribution in [3.05, 3.63) is 24.3 Å². The fourth-order valence-electron chi connectivity index (χ4n) is 1.20. The van der Waals surface area contributed by atoms with Crippen LogP contribution in [0, 0.1) is 0 Å². The lowest BCUT2D eigenvalue weighted by Crippen LogP contribution is -2.37. The Morgan fingerprint density at radius 1 is 0.889 bits per heavy atom. The SMILES string of the molecule is COC(=O)C(Oc1ccc(OC)cc1)C(=O)OC. The molecular formula is C12H14O6. The first-order chi connectivity index (χ1) is 8.62. The van der Waals surface area contributed by atoms with Crippen LogP contribution in [-0.2, 0) is 19.1 Å². The van der Waals surface area contributed by atoms with Gasteiger partial charge in [0.05, 0.1) is 21.3 Å². The van der Waals surface area contributed by atoms with Crippen LogP contribution < -0.4 is 9.47 Å². The molecule has 0 fully saturated rings. The van der Waals surface area contributed by atoms with E-state index in [1.54, 1.807) is 24.3 Å². The summed E-state index contributed by atoms with van der Waals surface area (Å²) in [5, 5.41) is 0. The van der Waals surface area contributed by atoms with E-state index in [-0.39, 0.29) is 0 Å². The maximum absolute atomic E-state index is 11.4. The Morgan fingerprint density at radius 3 is 1.72 bits per heavy atom. The topological polar surface area (TPSA) is 71.1 Å². The molecule has 1 rings (SSSR count). The quantitative estimate of drug-likeness (QED) is 0.571. The van der Waals surface area contributed by atoms with Gasteiger partial charge in [0.15, 0.2) is 0 Å². The van der Waals surface area contributed by atoms with Crippen LogP contribution in [0.3, 0.4) is 0 Å². The fourth-order valence-corrected chi connectivity index (χ4v) is 1.20. The number of carbonyl (C=O) groups is 2. The van der Waals surface area contributed by atoms with Crippen LogP contribution in [0.1, 0.15) is 0 Å². The third-order valence-electron chi connectivity index (χ3n) is 2.14. The molecule has 0 saturated heterocycles. The van der Waals surface area contributed by atoms with Crippen molar-refractivity contribution in [3.63, 3.8) is 0 Å². The highest BCUT2D eigenvalue weighted by Gasteiger charge is 2.30. The van der Waals surface area contributed by atoms with E-state index >= 15 is 0 Å². The van der Waals surface area contributed by atoms with Crippen LogP contribution in [-0.4, -0.2) is 39.4 Å². The summed E-state index contributed by atoms with van der Waals surface area (Å²) < 4.78 is 19.1. The highest BCUT2D eigenvalue weighted by Crippen LogP contribution is 2.18. The van der Waals surface area contributed by atoms with Gasteiger partial charge in [-0.15, -0.1) is 0 Å². The minimum atomic E-state index is -1.44. The number of carbonyl (C=O) groups excluding carboxylic acids is 2. The molecule has 18 heavy (non-hydrogen) atoms. The molecule has 0 aliphatic heterocycles. The first-order valence-electron chi connectivity index (χ1n) is 5.08. The van der Waals surface area contributed by atoms with Gasteiger partial charge in [0.1, 0.15) is 11.5 Å². The van der Waals surface area contributed by atoms with Gasteiger partial charge in [-0.3, -0.25) is 0 Å². The summed E-state index contributed by atoms with van der Waals surface area (Å²) in [5.41, 5.74) is 0. The number of hydrogen-bond acceptors (Lipinski definition) is 6. The molecule has 0 radical (unpaired) electrons. The van der Waals surface area contributed by atoms with E-state index in [9.17, 15) is 9.59 Å². The van der Waals surface area contributed by atoms with Gasteiger partial charge in [-0.2, -0.15) is 0 Å². The zero-order valence-electron chi connectivity index (χ0n) is 10.3. The van der Waals surface area contributed by atoms with Gasteiger partial charge in [-0.05, 0) is 24.3 Å². The number of hydrogen-bond donors (Lipinski definition) is 0. The molecule has 0 unspecified atom stereocenters. The maximum Gasteiger partial charge on any atom is 0.359 e. The van der Waals surface area contributed by atoms with E-state index in [4.69, 9.17) is 9.47 Å². The molecule has 0 atom stereocenters. The van der Waals surface area contributed by atoms with E-state index in [1.807, 2.05) is 0 Å². The minimum Gasteiger partial charge on any atom is -0.497 e. The van der Waals surface area contributed by atoms with Gasteiger partial charge in [0.2, 0.25) is 0 Å². The predicted molar refractivity (Wildman–Crippen MR) is 61.4 cm³/mol. The van der Waals surface area contributed by atoms with Crippen molar-refractivity contribution >= 4 is 11.9 Å². The van der Waals surface area contributed by atoms with E-state index in [0.29, 0.717) is 11.5 Å². The standard InChI is InChI=1S/C12H14O6/c1-15-8-4-6-9(7-5-8)18-10(11(13)16-2)12(14)17-3/h4-7,10H,1-3H3. The molecule has 0 amide bonds. The van der Waals surface area contributed by atoms with Crippen molar-refractivity contribution in [2.75, 3.05) is 21.3 Å². The van der Waals surface area contributed by atoms with Gasteiger partial charge < -0.3 is 18.9 Å². The summed E-state index contributed by atoms with van der Waals surface area (Å²) in [5.74, 6) is -0.679. The molecule has 0 spiro atoms. The molecule has 98 valence electrons. The monoisotopic (exact) mass is 254 g/mol. The van der Waals surface area contributed by atoms with Crippen molar-refractivity contribution in [1.82, 2.24) is 0 Å². The first kappa shape index (κ1) is 13.8. The molecule has 0 aliphatic carbocycles. The Labute approximate surface area is 104 Å². The van der Waals surface area contributed by atoms with Crippen molar-refractivity contribution < 1.29 is 28.5 Å². The fraction of sp³-hybridized carbons (Fsp3) is 0.333. The zero-order valence-corrected chi connectivity index (χ0v) is 10.3. The van der Waals surface area contributed by atoms with Crippen LogP contribution in [0.2, 0.25) is 0 Å². The summed E-state index contributed by atoms with van der Waals surface area (Å²) >= 11 is 0. The molecule has 6 nitrogen and oxygen atoms in total. The van der Waals surface area contributed by atoms with Crippen molar-refractivity contribution in [1.29, 1.82) is 0 Å². The van der Waals surface area contributed by atoms with Gasteiger partial charge >= 0.3 is 11.9 Å². The van der Waals surface area contributed by atoms with E-state index in [2.05, 4.69) is 9.47 Å². The van der Waals surface area contributed by atoms with E-state index in [1.165, 1.54) is 7.11 Å². The average molecular weight is 254 g/mol. The molecule has 1 aromatic rings. The number of methoxy groups -OCH3 is 3. The molecule has 0 aliphatic rings. The molecule has 0 saturated carbocycles. The lowest BCUT2D eigenvalue weighted by molar-refractivity contribution is -0.163. The second kappa shape index (κ2) is 6.48. The highest BCUT2D eigenvalue weighted by molar-refractivity contribution is 5.98. The van der Waals surface area contributed by atoms with E-state index < -0.39 is 18.0 Å². The molecule has 0 heterocycles. The van der Waals surface area contributed by atoms with Gasteiger partial charge in [-0.1, -0.05) is 0 Å². The van der Waals surface area contributed by atoms with Gasteiger partial charge in [-0.25, -0.2) is 9.59 Å². The highest BCUT2D eigenvalue weighted by atomic mass is 16.6. The van der Waals surface area contributed by atoms with Crippen LogP contribution in [0.4, 0.5) is 0 Å². The van der Waals surface area contributed by atoms with E-state index in [0.717, 1.165) is 14.2 Å². The Hall–Kier alpha value is -2.24. The number of rotatable bonds is 5. The van der Waals surface area contributed by atoms with Crippen molar-refractivity contribution in [2.45, 2.75) is 6.10 Å². The first-order valence-corrected chi connectivity index (χ1v) is 5.08. The van der Waals surface area contributed by atoms with Gasteiger partial charge in [0, 0.05) is 0 Å². The number of benzene rings is 1. The molecule has 6 heteroatoms. The average Bonchev–Trinajstić information content (AvgIpc) is 2.43. The van der Waals surface area contributed by atoms with Crippen molar-refractivity contribution in [2.24, 2.45) is 0 Å². The lowest BCUT2D eigenvalue weighted by atomic mass is 10.3. The number of esters is 2. The Balaban J connectivity index is 2.82. The summed E-state index contributed by atoms with van der Waals surface area (Å²) in [7, 11) is 3.85. The minimum absolute atomic E-state index is 0.330. The summed E-state index contributed by atoms with van der Waals surface area (Å²) in [4.78, 5) is 22.7. The Bertz CT molecular complexity index is 395. The molecule has 0 bridgehead atoms. The van der Waals surface area contributed by atoms with Crippen LogP contribution in [0.25, 0.3) is 0 Å². The normalized spacial score (nSPS) is 9.78. The molecule has 1 aromatic carbocycles. The third kappa shape index (κ3) is 3.38. The lowest BCUT2D eigenvalue weighted by Gasteiger charge is -2.14. The second-order valence-electron chi connectivity index (χ2n) is 3.22. The summed E-state index contributed by atoms with van der Waals surface area (Å²) in [6.45, 7) is 0. The van der Waals surface area contributed by atoms with Crippen LogP contribution in [0.5, 0.6) is 11.5 Å². The van der Waals surface area contributed by atoms with Crippen LogP contribution >= 0.6 is 0 Å². The molecule has 0 aromatic heterocycles. The Morgan fingerprint density at radius 2 is 1.33 bits per heavy atom. The van der Waals surface area contributed by atoms with Crippen molar-refractivity contribution in [3.8, 4) is 11.5 Å². The smallest absolute Gasteiger partial charge is 0.359 e. The second-order valence-corrected chi connectivity index (χ2v) is 3.22. The summed E-state index contributed by atoms with van der Waals surface area (Å²) in [6, 6.07) is 6.41. The molecule has 0 N–H and O–H groups in total. The maximum atomic E-state index is 11.4. The largest absolute Gasteiger partial charge is 0.497 e. The third-order valence-corrected chi connectivity index (χ3v) is 2.14. The summed E-state index contributed by atoms with van der Waals surface area (Å²) in [6.07, 6.45) is -1.44. The number of ether oxygens (including phenoxy) is 4. The predicted octanol–water partition coefficient (Wildman–Crippen LogP) is 0.789. The van der Waals surface area contributed by atoms with Crippen LogP contribution in [0.15, 0.2) is 24.3 Å².